The summed E-state index contributed by atoms with van der Waals surface area (Å²) in [5.41, 5.74) is 9.63. The van der Waals surface area contributed by atoms with Crippen molar-refractivity contribution in [2.45, 2.75) is 26.3 Å². The molecule has 20 heavy (non-hydrogen) atoms. The summed E-state index contributed by atoms with van der Waals surface area (Å²) in [6.07, 6.45) is 0.372. The van der Waals surface area contributed by atoms with Gasteiger partial charge in [0.2, 0.25) is 5.91 Å². The second-order valence-corrected chi connectivity index (χ2v) is 5.12. The first kappa shape index (κ1) is 14.1. The number of amides is 1. The van der Waals surface area contributed by atoms with E-state index in [4.69, 9.17) is 5.73 Å². The summed E-state index contributed by atoms with van der Waals surface area (Å²) in [7, 11) is 0. The summed E-state index contributed by atoms with van der Waals surface area (Å²) in [4.78, 5) is 12.0. The molecule has 0 fully saturated rings. The van der Waals surface area contributed by atoms with Crippen LogP contribution in [0.5, 0.6) is 0 Å². The molecule has 0 radical (unpaired) electrons. The van der Waals surface area contributed by atoms with Crippen LogP contribution in [0.1, 0.15) is 29.7 Å². The standard InChI is InChI=1S/C17H20N2O/c1-12-3-7-15(8-4-12)13(2)19-17(20)11-14-5-9-16(18)10-6-14/h3-10,13H,11,18H2,1-2H3,(H,19,20)/t13-/m1/s1. The quantitative estimate of drug-likeness (QED) is 0.837. The molecule has 1 amide bonds. The van der Waals surface area contributed by atoms with Gasteiger partial charge >= 0.3 is 0 Å². The van der Waals surface area contributed by atoms with Crippen molar-refractivity contribution in [3.05, 3.63) is 65.2 Å². The largest absolute Gasteiger partial charge is 0.399 e. The molecule has 0 spiro atoms. The van der Waals surface area contributed by atoms with E-state index in [-0.39, 0.29) is 11.9 Å². The summed E-state index contributed by atoms with van der Waals surface area (Å²) in [6, 6.07) is 15.6. The lowest BCUT2D eigenvalue weighted by Gasteiger charge is -2.14. The first-order valence-electron chi connectivity index (χ1n) is 6.75. The van der Waals surface area contributed by atoms with E-state index in [0.717, 1.165) is 11.1 Å². The Hall–Kier alpha value is -2.29. The molecule has 0 unspecified atom stereocenters. The molecule has 0 saturated carbocycles. The summed E-state index contributed by atoms with van der Waals surface area (Å²) in [5, 5.41) is 3.01. The minimum absolute atomic E-state index is 0.0110. The number of anilines is 1. The Morgan fingerprint density at radius 1 is 1.10 bits per heavy atom. The number of nitrogen functional groups attached to an aromatic ring is 1. The molecule has 0 bridgehead atoms. The maximum Gasteiger partial charge on any atom is 0.224 e. The summed E-state index contributed by atoms with van der Waals surface area (Å²) < 4.78 is 0. The number of hydrogen-bond donors (Lipinski definition) is 2. The Labute approximate surface area is 119 Å². The fourth-order valence-electron chi connectivity index (χ4n) is 2.05. The molecular weight excluding hydrogens is 248 g/mol. The molecule has 3 N–H and O–H groups in total. The zero-order chi connectivity index (χ0) is 14.5. The van der Waals surface area contributed by atoms with Gasteiger partial charge in [-0.05, 0) is 37.1 Å². The highest BCUT2D eigenvalue weighted by Gasteiger charge is 2.09. The SMILES string of the molecule is Cc1ccc([C@@H](C)NC(=O)Cc2ccc(N)cc2)cc1. The van der Waals surface area contributed by atoms with Crippen LogP contribution in [0.3, 0.4) is 0 Å². The molecule has 0 aromatic heterocycles. The number of aryl methyl sites for hydroxylation is 1. The first-order chi connectivity index (χ1) is 9.54. The number of carbonyl (C=O) groups excluding carboxylic acids is 1. The van der Waals surface area contributed by atoms with Gasteiger partial charge in [-0.3, -0.25) is 4.79 Å². The molecule has 104 valence electrons. The maximum atomic E-state index is 12.0. The van der Waals surface area contributed by atoms with Crippen LogP contribution in [0.4, 0.5) is 5.69 Å². The third kappa shape index (κ3) is 3.85. The first-order valence-corrected chi connectivity index (χ1v) is 6.75. The second kappa shape index (κ2) is 6.24. The Balaban J connectivity index is 1.93. The van der Waals surface area contributed by atoms with E-state index in [1.807, 2.05) is 50.2 Å². The molecule has 0 aliphatic heterocycles. The van der Waals surface area contributed by atoms with E-state index in [9.17, 15) is 4.79 Å². The van der Waals surface area contributed by atoms with Gasteiger partial charge in [0, 0.05) is 5.69 Å². The molecule has 3 nitrogen and oxygen atoms in total. The number of benzene rings is 2. The van der Waals surface area contributed by atoms with Crippen LogP contribution in [0.25, 0.3) is 0 Å². The average molecular weight is 268 g/mol. The summed E-state index contributed by atoms with van der Waals surface area (Å²) in [5.74, 6) is 0.0165. The molecule has 0 aliphatic rings. The van der Waals surface area contributed by atoms with Crippen molar-refractivity contribution in [3.63, 3.8) is 0 Å². The Morgan fingerprint density at radius 2 is 1.70 bits per heavy atom. The molecule has 2 aromatic carbocycles. The average Bonchev–Trinajstić information content (AvgIpc) is 2.42. The number of rotatable bonds is 4. The van der Waals surface area contributed by atoms with Crippen molar-refractivity contribution < 1.29 is 4.79 Å². The van der Waals surface area contributed by atoms with Crippen LogP contribution in [-0.4, -0.2) is 5.91 Å². The summed E-state index contributed by atoms with van der Waals surface area (Å²) >= 11 is 0. The highest BCUT2D eigenvalue weighted by Crippen LogP contribution is 2.13. The van der Waals surface area contributed by atoms with Gasteiger partial charge in [0.15, 0.2) is 0 Å². The second-order valence-electron chi connectivity index (χ2n) is 5.12. The van der Waals surface area contributed by atoms with E-state index in [2.05, 4.69) is 17.4 Å². The molecule has 0 saturated heterocycles. The van der Waals surface area contributed by atoms with E-state index in [0.29, 0.717) is 12.1 Å². The monoisotopic (exact) mass is 268 g/mol. The molecule has 3 heteroatoms. The van der Waals surface area contributed by atoms with Crippen molar-refractivity contribution in [1.29, 1.82) is 0 Å². The Kier molecular flexibility index (Phi) is 4.41. The van der Waals surface area contributed by atoms with Gasteiger partial charge in [0.1, 0.15) is 0 Å². The lowest BCUT2D eigenvalue weighted by Crippen LogP contribution is -2.28. The summed E-state index contributed by atoms with van der Waals surface area (Å²) in [6.45, 7) is 4.04. The van der Waals surface area contributed by atoms with Gasteiger partial charge in [-0.25, -0.2) is 0 Å². The molecule has 1 atom stereocenters. The Bertz CT molecular complexity index is 573. The molecule has 2 rings (SSSR count). The maximum absolute atomic E-state index is 12.0. The van der Waals surface area contributed by atoms with Crippen LogP contribution in [0, 0.1) is 6.92 Å². The van der Waals surface area contributed by atoms with E-state index < -0.39 is 0 Å². The molecule has 0 aliphatic carbocycles. The number of nitrogens with two attached hydrogens (primary N) is 1. The van der Waals surface area contributed by atoms with Gasteiger partial charge in [-0.15, -0.1) is 0 Å². The number of hydrogen-bond acceptors (Lipinski definition) is 2. The number of carbonyl (C=O) groups is 1. The molecular formula is C17H20N2O. The van der Waals surface area contributed by atoms with Crippen LogP contribution < -0.4 is 11.1 Å². The van der Waals surface area contributed by atoms with Gasteiger partial charge in [-0.1, -0.05) is 42.0 Å². The lowest BCUT2D eigenvalue weighted by molar-refractivity contribution is -0.121. The van der Waals surface area contributed by atoms with E-state index in [1.54, 1.807) is 0 Å². The normalized spacial score (nSPS) is 11.9. The van der Waals surface area contributed by atoms with Gasteiger partial charge < -0.3 is 11.1 Å². The minimum Gasteiger partial charge on any atom is -0.399 e. The fourth-order valence-corrected chi connectivity index (χ4v) is 2.05. The van der Waals surface area contributed by atoms with Crippen LogP contribution in [-0.2, 0) is 11.2 Å². The van der Waals surface area contributed by atoms with Gasteiger partial charge in [0.25, 0.3) is 0 Å². The molecule has 0 heterocycles. The highest BCUT2D eigenvalue weighted by molar-refractivity contribution is 5.79. The molecule has 2 aromatic rings. The van der Waals surface area contributed by atoms with Crippen molar-refractivity contribution in [3.8, 4) is 0 Å². The Morgan fingerprint density at radius 3 is 2.30 bits per heavy atom. The van der Waals surface area contributed by atoms with Crippen molar-refractivity contribution in [2.24, 2.45) is 0 Å². The van der Waals surface area contributed by atoms with Crippen LogP contribution in [0.2, 0.25) is 0 Å². The van der Waals surface area contributed by atoms with Crippen LogP contribution >= 0.6 is 0 Å². The number of nitrogens with one attached hydrogen (secondary N) is 1. The van der Waals surface area contributed by atoms with Crippen LogP contribution in [0.15, 0.2) is 48.5 Å². The zero-order valence-corrected chi connectivity index (χ0v) is 11.9. The van der Waals surface area contributed by atoms with Crippen molar-refractivity contribution in [1.82, 2.24) is 5.32 Å². The third-order valence-electron chi connectivity index (χ3n) is 3.30. The highest BCUT2D eigenvalue weighted by atomic mass is 16.1. The predicted molar refractivity (Wildman–Crippen MR) is 82.3 cm³/mol. The van der Waals surface area contributed by atoms with Gasteiger partial charge in [0.05, 0.1) is 12.5 Å². The van der Waals surface area contributed by atoms with E-state index >= 15 is 0 Å². The van der Waals surface area contributed by atoms with Crippen molar-refractivity contribution >= 4 is 11.6 Å². The smallest absolute Gasteiger partial charge is 0.224 e. The lowest BCUT2D eigenvalue weighted by atomic mass is 10.1. The zero-order valence-electron chi connectivity index (χ0n) is 11.9. The van der Waals surface area contributed by atoms with Crippen molar-refractivity contribution in [2.75, 3.05) is 5.73 Å². The topological polar surface area (TPSA) is 55.1 Å². The fraction of sp³-hybridized carbons (Fsp3) is 0.235. The third-order valence-corrected chi connectivity index (χ3v) is 3.30. The minimum atomic E-state index is 0.0110. The van der Waals surface area contributed by atoms with Gasteiger partial charge in [-0.2, -0.15) is 0 Å². The van der Waals surface area contributed by atoms with E-state index in [1.165, 1.54) is 5.56 Å². The predicted octanol–water partition coefficient (Wildman–Crippen LogP) is 3.00.